The fraction of sp³-hybridized carbons (Fsp3) is 0.158. The molecular weight excluding hydrogens is 309 g/mol. The van der Waals surface area contributed by atoms with Crippen molar-refractivity contribution in [2.24, 2.45) is 0 Å². The van der Waals surface area contributed by atoms with Crippen LogP contribution in [-0.2, 0) is 0 Å². The van der Waals surface area contributed by atoms with Crippen LogP contribution in [0.5, 0.6) is 0 Å². The monoisotopic (exact) mass is 323 g/mol. The molecule has 0 spiro atoms. The van der Waals surface area contributed by atoms with Crippen molar-refractivity contribution in [3.8, 4) is 0 Å². The molecule has 1 unspecified atom stereocenters. The van der Waals surface area contributed by atoms with E-state index in [1.165, 1.54) is 17.0 Å². The summed E-state index contributed by atoms with van der Waals surface area (Å²) >= 11 is 0. The zero-order chi connectivity index (χ0) is 17.0. The van der Waals surface area contributed by atoms with Gasteiger partial charge in [0, 0.05) is 7.05 Å². The van der Waals surface area contributed by atoms with E-state index in [0.29, 0.717) is 0 Å². The van der Waals surface area contributed by atoms with E-state index >= 15 is 0 Å². The number of halogens is 1. The molecular formula is C19H14FNO3. The van der Waals surface area contributed by atoms with Crippen LogP contribution in [0, 0.1) is 12.7 Å². The number of hydrogen-bond acceptors (Lipinski definition) is 3. The Kier molecular flexibility index (Phi) is 3.06. The number of hydrogen-bond donors (Lipinski definition) is 0. The molecule has 24 heavy (non-hydrogen) atoms. The minimum absolute atomic E-state index is 0.0344. The van der Waals surface area contributed by atoms with Gasteiger partial charge in [-0.1, -0.05) is 29.8 Å². The predicted octanol–water partition coefficient (Wildman–Crippen LogP) is 3.42. The molecule has 0 bridgehead atoms. The van der Waals surface area contributed by atoms with Crippen LogP contribution in [0.1, 0.15) is 33.3 Å². The number of rotatable bonds is 1. The molecule has 0 fully saturated rings. The largest absolute Gasteiger partial charge is 0.450 e. The number of benzene rings is 2. The van der Waals surface area contributed by atoms with Crippen molar-refractivity contribution < 1.29 is 13.6 Å². The van der Waals surface area contributed by atoms with Gasteiger partial charge >= 0.3 is 0 Å². The Morgan fingerprint density at radius 3 is 2.50 bits per heavy atom. The lowest BCUT2D eigenvalue weighted by Gasteiger charge is -2.20. The molecule has 1 aromatic heterocycles. The van der Waals surface area contributed by atoms with Crippen molar-refractivity contribution in [1.82, 2.24) is 4.90 Å². The molecule has 0 saturated carbocycles. The maximum atomic E-state index is 13.5. The molecule has 0 N–H and O–H groups in total. The van der Waals surface area contributed by atoms with Crippen LogP contribution in [0.15, 0.2) is 51.7 Å². The van der Waals surface area contributed by atoms with Gasteiger partial charge in [0.05, 0.1) is 17.0 Å². The molecule has 2 heterocycles. The molecule has 3 aromatic rings. The van der Waals surface area contributed by atoms with E-state index in [2.05, 4.69) is 0 Å². The molecule has 2 aromatic carbocycles. The summed E-state index contributed by atoms with van der Waals surface area (Å²) < 4.78 is 19.2. The van der Waals surface area contributed by atoms with Crippen LogP contribution in [0.4, 0.5) is 4.39 Å². The third-order valence-corrected chi connectivity index (χ3v) is 4.46. The van der Waals surface area contributed by atoms with Crippen LogP contribution < -0.4 is 5.43 Å². The highest BCUT2D eigenvalue weighted by Crippen LogP contribution is 2.36. The topological polar surface area (TPSA) is 50.5 Å². The van der Waals surface area contributed by atoms with Crippen molar-refractivity contribution in [2.75, 3.05) is 7.05 Å². The van der Waals surface area contributed by atoms with Gasteiger partial charge in [-0.15, -0.1) is 0 Å². The number of aryl methyl sites for hydroxylation is 1. The highest BCUT2D eigenvalue weighted by molar-refractivity contribution is 5.98. The Bertz CT molecular complexity index is 1040. The third kappa shape index (κ3) is 1.98. The van der Waals surface area contributed by atoms with E-state index in [4.69, 9.17) is 4.42 Å². The number of nitrogens with zero attached hydrogens (tertiary/aromatic N) is 1. The van der Waals surface area contributed by atoms with Crippen LogP contribution in [0.3, 0.4) is 0 Å². The van der Waals surface area contributed by atoms with E-state index in [0.717, 1.165) is 17.2 Å². The van der Waals surface area contributed by atoms with E-state index in [1.807, 2.05) is 31.2 Å². The van der Waals surface area contributed by atoms with E-state index in [-0.39, 0.29) is 33.6 Å². The average Bonchev–Trinajstić information content (AvgIpc) is 2.82. The lowest BCUT2D eigenvalue weighted by atomic mass is 9.98. The molecule has 0 saturated heterocycles. The van der Waals surface area contributed by atoms with Crippen molar-refractivity contribution in [2.45, 2.75) is 13.0 Å². The van der Waals surface area contributed by atoms with Crippen molar-refractivity contribution >= 4 is 16.9 Å². The first-order valence-electron chi connectivity index (χ1n) is 7.57. The van der Waals surface area contributed by atoms with Crippen molar-refractivity contribution in [3.05, 3.63) is 81.0 Å². The van der Waals surface area contributed by atoms with Crippen molar-refractivity contribution in [3.63, 3.8) is 0 Å². The summed E-state index contributed by atoms with van der Waals surface area (Å²) in [5, 5.41) is 0.147. The highest BCUT2D eigenvalue weighted by Gasteiger charge is 2.40. The molecule has 4 nitrogen and oxygen atoms in total. The lowest BCUT2D eigenvalue weighted by molar-refractivity contribution is 0.0771. The Balaban J connectivity index is 2.03. The molecule has 1 atom stereocenters. The molecule has 1 aliphatic heterocycles. The molecule has 0 radical (unpaired) electrons. The smallest absolute Gasteiger partial charge is 0.290 e. The molecule has 120 valence electrons. The summed E-state index contributed by atoms with van der Waals surface area (Å²) in [5.41, 5.74) is 2.02. The summed E-state index contributed by atoms with van der Waals surface area (Å²) in [6, 6.07) is 10.8. The van der Waals surface area contributed by atoms with Gasteiger partial charge in [0.25, 0.3) is 5.91 Å². The molecule has 1 amide bonds. The molecule has 0 aliphatic carbocycles. The number of fused-ring (bicyclic) bond motifs is 2. The maximum absolute atomic E-state index is 13.5. The molecule has 1 aliphatic rings. The van der Waals surface area contributed by atoms with Gasteiger partial charge in [-0.05, 0) is 30.7 Å². The van der Waals surface area contributed by atoms with E-state index < -0.39 is 11.9 Å². The Morgan fingerprint density at radius 2 is 1.79 bits per heavy atom. The second-order valence-electron chi connectivity index (χ2n) is 6.04. The maximum Gasteiger partial charge on any atom is 0.290 e. The zero-order valence-corrected chi connectivity index (χ0v) is 13.2. The fourth-order valence-corrected chi connectivity index (χ4v) is 3.20. The SMILES string of the molecule is Cc1ccc(C2c3c(oc4ccc(F)cc4c3=O)C(=O)N2C)cc1. The first-order chi connectivity index (χ1) is 11.5. The van der Waals surface area contributed by atoms with Crippen LogP contribution in [0.25, 0.3) is 11.0 Å². The summed E-state index contributed by atoms with van der Waals surface area (Å²) in [4.78, 5) is 26.9. The predicted molar refractivity (Wildman–Crippen MR) is 87.6 cm³/mol. The minimum Gasteiger partial charge on any atom is -0.450 e. The van der Waals surface area contributed by atoms with Gasteiger partial charge in [0.15, 0.2) is 5.43 Å². The zero-order valence-electron chi connectivity index (χ0n) is 13.2. The normalized spacial score (nSPS) is 16.7. The van der Waals surface area contributed by atoms with Gasteiger partial charge in [-0.2, -0.15) is 0 Å². The second kappa shape index (κ2) is 5.03. The Morgan fingerprint density at radius 1 is 1.08 bits per heavy atom. The number of carbonyl (C=O) groups excluding carboxylic acids is 1. The summed E-state index contributed by atoms with van der Waals surface area (Å²) in [6.07, 6.45) is 0. The van der Waals surface area contributed by atoms with E-state index in [1.54, 1.807) is 7.05 Å². The minimum atomic E-state index is -0.531. The average molecular weight is 323 g/mol. The summed E-state index contributed by atoms with van der Waals surface area (Å²) in [6.45, 7) is 1.96. The highest BCUT2D eigenvalue weighted by atomic mass is 19.1. The van der Waals surface area contributed by atoms with Crippen LogP contribution in [0.2, 0.25) is 0 Å². The van der Waals surface area contributed by atoms with E-state index in [9.17, 15) is 14.0 Å². The van der Waals surface area contributed by atoms with Crippen LogP contribution in [-0.4, -0.2) is 17.9 Å². The van der Waals surface area contributed by atoms with Gasteiger partial charge in [-0.25, -0.2) is 4.39 Å². The molecule has 5 heteroatoms. The number of carbonyl (C=O) groups is 1. The molecule has 4 rings (SSSR count). The van der Waals surface area contributed by atoms with Gasteiger partial charge in [-0.3, -0.25) is 9.59 Å². The standard InChI is InChI=1S/C19H14FNO3/c1-10-3-5-11(6-4-10)16-15-17(22)13-9-12(20)7-8-14(13)24-18(15)19(23)21(16)2/h3-9,16H,1-2H3. The fourth-order valence-electron chi connectivity index (χ4n) is 3.20. The summed E-state index contributed by atoms with van der Waals surface area (Å²) in [5.74, 6) is -0.828. The van der Waals surface area contributed by atoms with Gasteiger partial charge < -0.3 is 9.32 Å². The quantitative estimate of drug-likeness (QED) is 0.689. The van der Waals surface area contributed by atoms with Gasteiger partial charge in [0.1, 0.15) is 11.4 Å². The Hall–Kier alpha value is -2.95. The van der Waals surface area contributed by atoms with Crippen molar-refractivity contribution in [1.29, 1.82) is 0 Å². The van der Waals surface area contributed by atoms with Gasteiger partial charge in [0.2, 0.25) is 5.76 Å². The summed E-state index contributed by atoms with van der Waals surface area (Å²) in [7, 11) is 1.63. The first kappa shape index (κ1) is 14.6. The third-order valence-electron chi connectivity index (χ3n) is 4.46. The Labute approximate surface area is 137 Å². The lowest BCUT2D eigenvalue weighted by Crippen LogP contribution is -2.25. The van der Waals surface area contributed by atoms with Crippen LogP contribution >= 0.6 is 0 Å². The second-order valence-corrected chi connectivity index (χ2v) is 6.04. The number of amides is 1. The first-order valence-corrected chi connectivity index (χ1v) is 7.57.